The Morgan fingerprint density at radius 3 is 2.74 bits per heavy atom. The molecule has 156 valence electrons. The van der Waals surface area contributed by atoms with Crippen molar-refractivity contribution in [3.63, 3.8) is 0 Å². The van der Waals surface area contributed by atoms with E-state index in [1.807, 2.05) is 12.3 Å². The highest BCUT2D eigenvalue weighted by Gasteiger charge is 2.30. The highest BCUT2D eigenvalue weighted by Crippen LogP contribution is 2.35. The lowest BCUT2D eigenvalue weighted by atomic mass is 9.99. The molecular formula is C25H24N4OS. The van der Waals surface area contributed by atoms with E-state index in [0.29, 0.717) is 0 Å². The van der Waals surface area contributed by atoms with Crippen LogP contribution in [0.25, 0.3) is 21.3 Å². The van der Waals surface area contributed by atoms with Gasteiger partial charge in [0.1, 0.15) is 5.52 Å². The van der Waals surface area contributed by atoms with E-state index >= 15 is 0 Å². The van der Waals surface area contributed by atoms with Crippen molar-refractivity contribution < 1.29 is 4.79 Å². The summed E-state index contributed by atoms with van der Waals surface area (Å²) in [6, 6.07) is 19.0. The number of thiophene rings is 1. The second-order valence-electron chi connectivity index (χ2n) is 8.10. The molecule has 0 radical (unpaired) electrons. The summed E-state index contributed by atoms with van der Waals surface area (Å²) in [6.07, 6.45) is 1.94. The topological polar surface area (TPSA) is 71.2 Å². The summed E-state index contributed by atoms with van der Waals surface area (Å²) >= 11 is 1.69. The zero-order valence-electron chi connectivity index (χ0n) is 17.3. The summed E-state index contributed by atoms with van der Waals surface area (Å²) in [5.74, 6) is -0.213. The molecule has 5 nitrogen and oxygen atoms in total. The van der Waals surface area contributed by atoms with Crippen LogP contribution in [-0.4, -0.2) is 28.9 Å². The fourth-order valence-corrected chi connectivity index (χ4v) is 5.02. The first-order valence-electron chi connectivity index (χ1n) is 10.4. The van der Waals surface area contributed by atoms with Gasteiger partial charge in [-0.05, 0) is 41.3 Å². The van der Waals surface area contributed by atoms with Crippen LogP contribution in [0.3, 0.4) is 0 Å². The van der Waals surface area contributed by atoms with Crippen LogP contribution in [0.5, 0.6) is 0 Å². The molecule has 0 aliphatic carbocycles. The van der Waals surface area contributed by atoms with Crippen LogP contribution in [-0.2, 0) is 11.3 Å². The third kappa shape index (κ3) is 3.92. The molecule has 1 aliphatic rings. The van der Waals surface area contributed by atoms with Crippen molar-refractivity contribution in [2.24, 2.45) is 11.7 Å². The molecule has 4 aromatic rings. The van der Waals surface area contributed by atoms with Crippen molar-refractivity contribution in [2.45, 2.75) is 13.5 Å². The average molecular weight is 429 g/mol. The van der Waals surface area contributed by atoms with Crippen molar-refractivity contribution in [1.82, 2.24) is 9.88 Å². The Kier molecular flexibility index (Phi) is 5.18. The monoisotopic (exact) mass is 428 g/mol. The minimum Gasteiger partial charge on any atom is -0.369 e. The maximum absolute atomic E-state index is 11.2. The number of fused-ring (bicyclic) bond motifs is 1. The predicted molar refractivity (Wildman–Crippen MR) is 127 cm³/mol. The Bertz CT molecular complexity index is 1250. The molecule has 2 aromatic heterocycles. The number of primary amides is 1. The SMILES string of the molecule is Cc1c(Nc2csc3cc(CN4CC(C(N)=O)C4)cnc23)cccc1-c1ccccc1. The molecule has 6 heteroatoms. The van der Waals surface area contributed by atoms with E-state index in [-0.39, 0.29) is 11.8 Å². The molecule has 0 atom stereocenters. The molecule has 1 fully saturated rings. The lowest BCUT2D eigenvalue weighted by Gasteiger charge is -2.37. The number of nitrogens with two attached hydrogens (primary N) is 1. The number of anilines is 2. The maximum atomic E-state index is 11.2. The highest BCUT2D eigenvalue weighted by atomic mass is 32.1. The third-order valence-electron chi connectivity index (χ3n) is 5.92. The second-order valence-corrected chi connectivity index (χ2v) is 9.01. The van der Waals surface area contributed by atoms with Gasteiger partial charge in [-0.15, -0.1) is 11.3 Å². The number of carbonyl (C=O) groups excluding carboxylic acids is 1. The number of nitrogens with one attached hydrogen (secondary N) is 1. The van der Waals surface area contributed by atoms with Crippen molar-refractivity contribution in [3.05, 3.63) is 77.3 Å². The van der Waals surface area contributed by atoms with Crippen LogP contribution in [0.2, 0.25) is 0 Å². The number of benzene rings is 2. The summed E-state index contributed by atoms with van der Waals surface area (Å²) in [5.41, 5.74) is 13.3. The quantitative estimate of drug-likeness (QED) is 0.457. The van der Waals surface area contributed by atoms with Crippen molar-refractivity contribution >= 4 is 38.8 Å². The van der Waals surface area contributed by atoms with E-state index in [4.69, 9.17) is 10.7 Å². The van der Waals surface area contributed by atoms with Gasteiger partial charge in [-0.3, -0.25) is 14.7 Å². The zero-order chi connectivity index (χ0) is 21.4. The number of rotatable bonds is 6. The number of nitrogens with zero attached hydrogens (tertiary/aromatic N) is 2. The zero-order valence-corrected chi connectivity index (χ0v) is 18.2. The molecule has 0 unspecified atom stereocenters. The molecule has 0 bridgehead atoms. The van der Waals surface area contributed by atoms with Crippen LogP contribution in [0.15, 0.2) is 66.2 Å². The third-order valence-corrected chi connectivity index (χ3v) is 6.84. The number of pyridine rings is 1. The van der Waals surface area contributed by atoms with E-state index < -0.39 is 0 Å². The molecule has 1 amide bonds. The predicted octanol–water partition coefficient (Wildman–Crippen LogP) is 4.93. The molecule has 1 saturated heterocycles. The molecule has 3 N–H and O–H groups in total. The van der Waals surface area contributed by atoms with E-state index in [9.17, 15) is 4.79 Å². The fourth-order valence-electron chi connectivity index (χ4n) is 4.11. The number of likely N-dealkylation sites (tertiary alicyclic amines) is 1. The summed E-state index contributed by atoms with van der Waals surface area (Å²) in [6.45, 7) is 4.42. The van der Waals surface area contributed by atoms with E-state index in [1.54, 1.807) is 11.3 Å². The van der Waals surface area contributed by atoms with Crippen LogP contribution in [0, 0.1) is 12.8 Å². The van der Waals surface area contributed by atoms with Crippen LogP contribution in [0.1, 0.15) is 11.1 Å². The van der Waals surface area contributed by atoms with Crippen molar-refractivity contribution in [3.8, 4) is 11.1 Å². The number of hydrogen-bond donors (Lipinski definition) is 2. The lowest BCUT2D eigenvalue weighted by Crippen LogP contribution is -2.51. The van der Waals surface area contributed by atoms with E-state index in [1.165, 1.54) is 16.7 Å². The summed E-state index contributed by atoms with van der Waals surface area (Å²) in [4.78, 5) is 18.2. The minimum absolute atomic E-state index is 0.0101. The standard InChI is InChI=1S/C25H24N4OS/c1-16-20(18-6-3-2-4-7-18)8-5-9-21(16)28-22-15-31-23-10-17(11-27-24(22)23)12-29-13-19(14-29)25(26)30/h2-11,15,19,28H,12-14H2,1H3,(H2,26,30). The number of hydrogen-bond acceptors (Lipinski definition) is 5. The fraction of sp³-hybridized carbons (Fsp3) is 0.200. The van der Waals surface area contributed by atoms with Gasteiger partial charge in [0.05, 0.1) is 16.3 Å². The van der Waals surface area contributed by atoms with Crippen molar-refractivity contribution in [2.75, 3.05) is 18.4 Å². The largest absolute Gasteiger partial charge is 0.369 e. The second kappa shape index (κ2) is 8.13. The molecule has 31 heavy (non-hydrogen) atoms. The summed E-state index contributed by atoms with van der Waals surface area (Å²) in [7, 11) is 0. The highest BCUT2D eigenvalue weighted by molar-refractivity contribution is 7.17. The first kappa shape index (κ1) is 19.7. The normalized spacial score (nSPS) is 14.5. The van der Waals surface area contributed by atoms with Gasteiger partial charge in [-0.25, -0.2) is 0 Å². The van der Waals surface area contributed by atoms with Gasteiger partial charge in [0.25, 0.3) is 0 Å². The number of aromatic nitrogens is 1. The first-order valence-corrected chi connectivity index (χ1v) is 11.3. The van der Waals surface area contributed by atoms with E-state index in [0.717, 1.165) is 46.8 Å². The van der Waals surface area contributed by atoms with Crippen molar-refractivity contribution in [1.29, 1.82) is 0 Å². The molecule has 3 heterocycles. The average Bonchev–Trinajstić information content (AvgIpc) is 3.14. The minimum atomic E-state index is -0.203. The Morgan fingerprint density at radius 2 is 1.97 bits per heavy atom. The van der Waals surface area contributed by atoms with Gasteiger partial charge >= 0.3 is 0 Å². The summed E-state index contributed by atoms with van der Waals surface area (Å²) in [5, 5.41) is 5.72. The smallest absolute Gasteiger partial charge is 0.223 e. The first-order chi connectivity index (χ1) is 15.1. The molecule has 5 rings (SSSR count). The van der Waals surface area contributed by atoms with Gasteiger partial charge in [0, 0.05) is 36.9 Å². The number of carbonyl (C=O) groups is 1. The number of amides is 1. The van der Waals surface area contributed by atoms with Gasteiger partial charge in [-0.2, -0.15) is 0 Å². The molecular weight excluding hydrogens is 404 g/mol. The van der Waals surface area contributed by atoms with Gasteiger partial charge in [0.15, 0.2) is 0 Å². The summed E-state index contributed by atoms with van der Waals surface area (Å²) < 4.78 is 1.16. The molecule has 2 aromatic carbocycles. The van der Waals surface area contributed by atoms with Crippen LogP contribution >= 0.6 is 11.3 Å². The molecule has 0 spiro atoms. The van der Waals surface area contributed by atoms with Crippen LogP contribution < -0.4 is 11.1 Å². The Hall–Kier alpha value is -3.22. The Labute approximate surface area is 185 Å². The molecule has 1 aliphatic heterocycles. The maximum Gasteiger partial charge on any atom is 0.223 e. The Balaban J connectivity index is 1.35. The van der Waals surface area contributed by atoms with E-state index in [2.05, 4.69) is 71.1 Å². The van der Waals surface area contributed by atoms with Crippen LogP contribution in [0.4, 0.5) is 11.4 Å². The Morgan fingerprint density at radius 1 is 1.16 bits per heavy atom. The van der Waals surface area contributed by atoms with Gasteiger partial charge in [0.2, 0.25) is 5.91 Å². The van der Waals surface area contributed by atoms with Gasteiger partial charge < -0.3 is 11.1 Å². The lowest BCUT2D eigenvalue weighted by molar-refractivity contribution is -0.127. The van der Waals surface area contributed by atoms with Gasteiger partial charge in [-0.1, -0.05) is 42.5 Å². The molecule has 0 saturated carbocycles.